The second-order valence-corrected chi connectivity index (χ2v) is 9.19. The van der Waals surface area contributed by atoms with Gasteiger partial charge in [0.1, 0.15) is 6.10 Å². The topological polar surface area (TPSA) is 26.3 Å². The Hall–Kier alpha value is -2.09. The summed E-state index contributed by atoms with van der Waals surface area (Å²) in [6.07, 6.45) is 14.5. The highest BCUT2D eigenvalue weighted by Gasteiger charge is 2.34. The Morgan fingerprint density at radius 3 is 2.00 bits per heavy atom. The van der Waals surface area contributed by atoms with Gasteiger partial charge in [-0.1, -0.05) is 114 Å². The Balaban J connectivity index is 1.49. The van der Waals surface area contributed by atoms with E-state index in [1.54, 1.807) is 0 Å². The Morgan fingerprint density at radius 1 is 0.742 bits per heavy atom. The summed E-state index contributed by atoms with van der Waals surface area (Å²) in [6.45, 7) is 4.46. The van der Waals surface area contributed by atoms with Crippen molar-refractivity contribution in [2.75, 3.05) is 0 Å². The first-order chi connectivity index (χ1) is 15.2. The van der Waals surface area contributed by atoms with Crippen LogP contribution < -0.4 is 0 Å². The first kappa shape index (κ1) is 23.6. The molecule has 2 aromatic carbocycles. The zero-order valence-corrected chi connectivity index (χ0v) is 19.6. The van der Waals surface area contributed by atoms with Crippen LogP contribution in [0.5, 0.6) is 0 Å². The average Bonchev–Trinajstić information content (AvgIpc) is 3.17. The summed E-state index contributed by atoms with van der Waals surface area (Å²) in [5.41, 5.74) is 5.02. The average molecular weight is 421 g/mol. The van der Waals surface area contributed by atoms with Crippen molar-refractivity contribution in [1.82, 2.24) is 0 Å². The second-order valence-electron chi connectivity index (χ2n) is 9.19. The molecule has 1 fully saturated rings. The first-order valence-electron chi connectivity index (χ1n) is 12.6. The molecule has 2 nitrogen and oxygen atoms in total. The van der Waals surface area contributed by atoms with E-state index >= 15 is 0 Å². The number of unbranched alkanes of at least 4 members (excludes halogenated alkanes) is 7. The van der Waals surface area contributed by atoms with Crippen molar-refractivity contribution in [3.05, 3.63) is 59.7 Å². The van der Waals surface area contributed by atoms with Gasteiger partial charge in [-0.3, -0.25) is 4.79 Å². The summed E-state index contributed by atoms with van der Waals surface area (Å²) in [5.74, 6) is 0.0709. The van der Waals surface area contributed by atoms with E-state index < -0.39 is 0 Å². The molecule has 0 bridgehead atoms. The number of esters is 1. The van der Waals surface area contributed by atoms with Crippen molar-refractivity contribution in [3.63, 3.8) is 0 Å². The molecule has 2 unspecified atom stereocenters. The highest BCUT2D eigenvalue weighted by atomic mass is 16.5. The lowest BCUT2D eigenvalue weighted by Gasteiger charge is -2.11. The van der Waals surface area contributed by atoms with Crippen LogP contribution in [-0.4, -0.2) is 5.97 Å². The van der Waals surface area contributed by atoms with Gasteiger partial charge in [0.15, 0.2) is 0 Å². The predicted octanol–water partition coefficient (Wildman–Crippen LogP) is 8.44. The highest BCUT2D eigenvalue weighted by molar-refractivity contribution is 5.75. The lowest BCUT2D eigenvalue weighted by atomic mass is 9.94. The smallest absolute Gasteiger partial charge is 0.309 e. The van der Waals surface area contributed by atoms with E-state index in [1.807, 2.05) is 0 Å². The Labute approximate surface area is 189 Å². The van der Waals surface area contributed by atoms with Crippen molar-refractivity contribution in [2.45, 2.75) is 97.0 Å². The van der Waals surface area contributed by atoms with Gasteiger partial charge in [0.2, 0.25) is 0 Å². The first-order valence-corrected chi connectivity index (χ1v) is 12.6. The molecule has 0 radical (unpaired) electrons. The number of carbonyl (C=O) groups excluding carboxylic acids is 1. The fraction of sp³-hybridized carbons (Fsp3) is 0.552. The minimum Gasteiger partial charge on any atom is -0.457 e. The fourth-order valence-electron chi connectivity index (χ4n) is 4.58. The molecule has 1 heterocycles. The van der Waals surface area contributed by atoms with Crippen LogP contribution in [0.3, 0.4) is 0 Å². The van der Waals surface area contributed by atoms with Crippen LogP contribution in [0.4, 0.5) is 0 Å². The van der Waals surface area contributed by atoms with Crippen molar-refractivity contribution in [1.29, 1.82) is 0 Å². The Bertz CT molecular complexity index is 775. The molecule has 2 aromatic rings. The molecule has 0 spiro atoms. The molecule has 0 aromatic heterocycles. The van der Waals surface area contributed by atoms with E-state index in [0.717, 1.165) is 24.8 Å². The lowest BCUT2D eigenvalue weighted by molar-refractivity contribution is -0.144. The summed E-state index contributed by atoms with van der Waals surface area (Å²) in [5, 5.41) is 0. The molecule has 1 aliphatic rings. The molecule has 3 rings (SSSR count). The number of carbonyl (C=O) groups is 1. The molecule has 1 aliphatic heterocycles. The third-order valence-corrected chi connectivity index (χ3v) is 6.64. The third-order valence-electron chi connectivity index (χ3n) is 6.64. The molecule has 0 N–H and O–H groups in total. The third kappa shape index (κ3) is 7.23. The Morgan fingerprint density at radius 2 is 1.32 bits per heavy atom. The van der Waals surface area contributed by atoms with E-state index in [-0.39, 0.29) is 18.0 Å². The highest BCUT2D eigenvalue weighted by Crippen LogP contribution is 2.36. The van der Waals surface area contributed by atoms with E-state index in [1.165, 1.54) is 74.5 Å². The van der Waals surface area contributed by atoms with Gasteiger partial charge in [0, 0.05) is 6.42 Å². The van der Waals surface area contributed by atoms with Gasteiger partial charge in [-0.15, -0.1) is 0 Å². The monoisotopic (exact) mass is 420 g/mol. The summed E-state index contributed by atoms with van der Waals surface area (Å²) >= 11 is 0. The lowest BCUT2D eigenvalue weighted by Crippen LogP contribution is -2.06. The SMILES string of the molecule is CCCCCCCCc1ccc(-c2ccc(C3CC(CCCCC)C(=O)O3)cc2)cc1. The number of aryl methyl sites for hydroxylation is 1. The number of rotatable bonds is 13. The van der Waals surface area contributed by atoms with Crippen LogP contribution in [0.2, 0.25) is 0 Å². The van der Waals surface area contributed by atoms with Crippen molar-refractivity contribution in [3.8, 4) is 11.1 Å². The number of hydrogen-bond acceptors (Lipinski definition) is 2. The van der Waals surface area contributed by atoms with Gasteiger partial charge in [0.05, 0.1) is 5.92 Å². The molecule has 1 saturated heterocycles. The maximum absolute atomic E-state index is 12.2. The van der Waals surface area contributed by atoms with E-state index in [4.69, 9.17) is 4.74 Å². The molecule has 2 heteroatoms. The maximum Gasteiger partial charge on any atom is 0.309 e. The van der Waals surface area contributed by atoms with Crippen LogP contribution in [0, 0.1) is 5.92 Å². The van der Waals surface area contributed by atoms with Gasteiger partial charge in [-0.2, -0.15) is 0 Å². The van der Waals surface area contributed by atoms with Crippen LogP contribution in [0.25, 0.3) is 11.1 Å². The molecular weight excluding hydrogens is 380 g/mol. The second kappa shape index (κ2) is 12.7. The molecule has 0 amide bonds. The maximum atomic E-state index is 12.2. The standard InChI is InChI=1S/C29H40O2/c1-3-5-7-8-9-11-12-23-14-16-24(17-15-23)25-18-20-26(21-19-25)28-22-27(29(30)31-28)13-10-6-4-2/h14-21,27-28H,3-13,22H2,1-2H3. The summed E-state index contributed by atoms with van der Waals surface area (Å²) in [6, 6.07) is 17.6. The fourth-order valence-corrected chi connectivity index (χ4v) is 4.58. The van der Waals surface area contributed by atoms with Gasteiger partial charge < -0.3 is 4.74 Å². The summed E-state index contributed by atoms with van der Waals surface area (Å²) < 4.78 is 5.68. The normalized spacial score (nSPS) is 18.3. The van der Waals surface area contributed by atoms with E-state index in [0.29, 0.717) is 0 Å². The van der Waals surface area contributed by atoms with Gasteiger partial charge in [0.25, 0.3) is 0 Å². The number of cyclic esters (lactones) is 1. The van der Waals surface area contributed by atoms with Gasteiger partial charge >= 0.3 is 5.97 Å². The molecular formula is C29H40O2. The zero-order chi connectivity index (χ0) is 21.9. The van der Waals surface area contributed by atoms with Crippen LogP contribution in [0.15, 0.2) is 48.5 Å². The minimum atomic E-state index is -0.0760. The quantitative estimate of drug-likeness (QED) is 0.240. The van der Waals surface area contributed by atoms with E-state index in [9.17, 15) is 4.79 Å². The van der Waals surface area contributed by atoms with Crippen molar-refractivity contribution in [2.24, 2.45) is 5.92 Å². The summed E-state index contributed by atoms with van der Waals surface area (Å²) in [7, 11) is 0. The molecule has 168 valence electrons. The van der Waals surface area contributed by atoms with Crippen molar-refractivity contribution < 1.29 is 9.53 Å². The Kier molecular flexibility index (Phi) is 9.65. The largest absolute Gasteiger partial charge is 0.457 e. The van der Waals surface area contributed by atoms with Gasteiger partial charge in [-0.25, -0.2) is 0 Å². The number of hydrogen-bond donors (Lipinski definition) is 0. The van der Waals surface area contributed by atoms with E-state index in [2.05, 4.69) is 62.4 Å². The van der Waals surface area contributed by atoms with Crippen LogP contribution >= 0.6 is 0 Å². The minimum absolute atomic E-state index is 0.00821. The van der Waals surface area contributed by atoms with Gasteiger partial charge in [-0.05, 0) is 41.5 Å². The molecule has 0 aliphatic carbocycles. The predicted molar refractivity (Wildman–Crippen MR) is 130 cm³/mol. The molecule has 0 saturated carbocycles. The van der Waals surface area contributed by atoms with Crippen LogP contribution in [-0.2, 0) is 16.0 Å². The molecule has 31 heavy (non-hydrogen) atoms. The number of benzene rings is 2. The number of ether oxygens (including phenoxy) is 1. The van der Waals surface area contributed by atoms with Crippen molar-refractivity contribution >= 4 is 5.97 Å². The molecule has 2 atom stereocenters. The van der Waals surface area contributed by atoms with Crippen LogP contribution in [0.1, 0.15) is 102 Å². The zero-order valence-electron chi connectivity index (χ0n) is 19.6. The summed E-state index contributed by atoms with van der Waals surface area (Å²) in [4.78, 5) is 12.2.